The van der Waals surface area contributed by atoms with Crippen molar-refractivity contribution in [3.8, 4) is 0 Å². The summed E-state index contributed by atoms with van der Waals surface area (Å²) in [6, 6.07) is 22.2. The molecule has 2 N–H and O–H groups in total. The zero-order chi connectivity index (χ0) is 22.4. The Balaban J connectivity index is 1.77. The number of anilines is 1. The molecule has 0 saturated heterocycles. The molecule has 162 valence electrons. The molecule has 1 atom stereocenters. The van der Waals surface area contributed by atoms with E-state index in [4.69, 9.17) is 11.6 Å². The molecule has 3 rings (SSSR count). The fourth-order valence-electron chi connectivity index (χ4n) is 3.22. The molecule has 0 saturated carbocycles. The van der Waals surface area contributed by atoms with Gasteiger partial charge in [-0.15, -0.1) is 0 Å². The molecule has 0 fully saturated rings. The van der Waals surface area contributed by atoms with Gasteiger partial charge in [0.05, 0.1) is 21.6 Å². The summed E-state index contributed by atoms with van der Waals surface area (Å²) in [6.07, 6.45) is 0.790. The van der Waals surface area contributed by atoms with E-state index in [1.54, 1.807) is 24.3 Å². The number of nitrogens with one attached hydrogen (secondary N) is 2. The molecular weight excluding hydrogens is 432 g/mol. The minimum Gasteiger partial charge on any atom is -0.345 e. The first-order valence-electron chi connectivity index (χ1n) is 9.99. The van der Waals surface area contributed by atoms with E-state index in [0.29, 0.717) is 11.5 Å². The van der Waals surface area contributed by atoms with Crippen LogP contribution >= 0.6 is 11.6 Å². The molecule has 0 radical (unpaired) electrons. The van der Waals surface area contributed by atoms with Gasteiger partial charge in [0.2, 0.25) is 0 Å². The van der Waals surface area contributed by atoms with Gasteiger partial charge in [0.15, 0.2) is 0 Å². The SMILES string of the molecule is CC(C)CC(NC(=O)c1ccc(NS(=O)(=O)c2ccccc2)c(Cl)c1)c1ccccc1. The van der Waals surface area contributed by atoms with Gasteiger partial charge in [-0.3, -0.25) is 9.52 Å². The summed E-state index contributed by atoms with van der Waals surface area (Å²) >= 11 is 6.30. The Kier molecular flexibility index (Phi) is 7.36. The van der Waals surface area contributed by atoms with Gasteiger partial charge in [-0.2, -0.15) is 0 Å². The maximum atomic E-state index is 12.9. The second kappa shape index (κ2) is 9.98. The fraction of sp³-hybridized carbons (Fsp3) is 0.208. The average molecular weight is 457 g/mol. The van der Waals surface area contributed by atoms with Gasteiger partial charge in [0.25, 0.3) is 15.9 Å². The molecule has 0 aliphatic heterocycles. The van der Waals surface area contributed by atoms with Gasteiger partial charge in [0, 0.05) is 5.56 Å². The Hall–Kier alpha value is -2.83. The van der Waals surface area contributed by atoms with Gasteiger partial charge >= 0.3 is 0 Å². The predicted molar refractivity (Wildman–Crippen MR) is 125 cm³/mol. The lowest BCUT2D eigenvalue weighted by molar-refractivity contribution is 0.0932. The van der Waals surface area contributed by atoms with Crippen molar-refractivity contribution in [2.24, 2.45) is 5.92 Å². The van der Waals surface area contributed by atoms with Crippen molar-refractivity contribution in [3.63, 3.8) is 0 Å². The van der Waals surface area contributed by atoms with Crippen LogP contribution < -0.4 is 10.0 Å². The number of carbonyl (C=O) groups excluding carboxylic acids is 1. The summed E-state index contributed by atoms with van der Waals surface area (Å²) in [5.41, 5.74) is 1.60. The Morgan fingerprint density at radius 1 is 0.935 bits per heavy atom. The average Bonchev–Trinajstić information content (AvgIpc) is 2.75. The second-order valence-electron chi connectivity index (χ2n) is 7.68. The molecule has 0 heterocycles. The second-order valence-corrected chi connectivity index (χ2v) is 9.77. The Morgan fingerprint density at radius 2 is 1.55 bits per heavy atom. The van der Waals surface area contributed by atoms with E-state index in [0.717, 1.165) is 12.0 Å². The van der Waals surface area contributed by atoms with Gasteiger partial charge in [0.1, 0.15) is 0 Å². The summed E-state index contributed by atoms with van der Waals surface area (Å²) in [7, 11) is -3.77. The van der Waals surface area contributed by atoms with Crippen LogP contribution in [0.15, 0.2) is 83.8 Å². The van der Waals surface area contributed by atoms with E-state index in [9.17, 15) is 13.2 Å². The predicted octanol–water partition coefficient (Wildman–Crippen LogP) is 5.66. The van der Waals surface area contributed by atoms with Crippen LogP contribution in [0.1, 0.15) is 42.2 Å². The molecule has 5 nitrogen and oxygen atoms in total. The molecule has 3 aromatic rings. The van der Waals surface area contributed by atoms with Crippen molar-refractivity contribution in [2.75, 3.05) is 4.72 Å². The van der Waals surface area contributed by atoms with E-state index in [1.807, 2.05) is 30.3 Å². The largest absolute Gasteiger partial charge is 0.345 e. The first-order chi connectivity index (χ1) is 14.8. The lowest BCUT2D eigenvalue weighted by atomic mass is 9.96. The number of rotatable bonds is 8. The van der Waals surface area contributed by atoms with Crippen LogP contribution in [0.25, 0.3) is 0 Å². The van der Waals surface area contributed by atoms with E-state index in [-0.39, 0.29) is 27.6 Å². The van der Waals surface area contributed by atoms with Crippen molar-refractivity contribution in [1.29, 1.82) is 0 Å². The first-order valence-corrected chi connectivity index (χ1v) is 11.9. The van der Waals surface area contributed by atoms with E-state index in [2.05, 4.69) is 23.9 Å². The topological polar surface area (TPSA) is 75.3 Å². The molecule has 0 spiro atoms. The molecule has 0 bridgehead atoms. The van der Waals surface area contributed by atoms with Gasteiger partial charge in [-0.05, 0) is 48.2 Å². The van der Waals surface area contributed by atoms with E-state index in [1.165, 1.54) is 24.3 Å². The molecule has 3 aromatic carbocycles. The maximum Gasteiger partial charge on any atom is 0.261 e. The number of amides is 1. The number of carbonyl (C=O) groups is 1. The molecule has 31 heavy (non-hydrogen) atoms. The third-order valence-electron chi connectivity index (χ3n) is 4.74. The van der Waals surface area contributed by atoms with Crippen molar-refractivity contribution < 1.29 is 13.2 Å². The number of hydrogen-bond donors (Lipinski definition) is 2. The lowest BCUT2D eigenvalue weighted by Gasteiger charge is -2.21. The molecule has 0 aromatic heterocycles. The summed E-state index contributed by atoms with van der Waals surface area (Å²) in [4.78, 5) is 13.0. The highest BCUT2D eigenvalue weighted by Gasteiger charge is 2.19. The highest BCUT2D eigenvalue weighted by molar-refractivity contribution is 7.92. The number of sulfonamides is 1. The lowest BCUT2D eigenvalue weighted by Crippen LogP contribution is -2.29. The van der Waals surface area contributed by atoms with E-state index < -0.39 is 10.0 Å². The van der Waals surface area contributed by atoms with Crippen LogP contribution in [-0.4, -0.2) is 14.3 Å². The van der Waals surface area contributed by atoms with Crippen LogP contribution in [0.2, 0.25) is 5.02 Å². The summed E-state index contributed by atoms with van der Waals surface area (Å²) in [6.45, 7) is 4.21. The number of halogens is 1. The Labute approximate surface area is 188 Å². The fourth-order valence-corrected chi connectivity index (χ4v) is 4.60. The normalized spacial score (nSPS) is 12.4. The third-order valence-corrected chi connectivity index (χ3v) is 6.44. The van der Waals surface area contributed by atoms with Crippen molar-refractivity contribution in [3.05, 3.63) is 95.0 Å². The quantitative estimate of drug-likeness (QED) is 0.459. The molecule has 0 aliphatic carbocycles. The minimum atomic E-state index is -3.77. The van der Waals surface area contributed by atoms with Gasteiger partial charge < -0.3 is 5.32 Å². The highest BCUT2D eigenvalue weighted by Crippen LogP contribution is 2.27. The van der Waals surface area contributed by atoms with Crippen LogP contribution in [-0.2, 0) is 10.0 Å². The Morgan fingerprint density at radius 3 is 2.13 bits per heavy atom. The number of hydrogen-bond acceptors (Lipinski definition) is 3. The zero-order valence-corrected chi connectivity index (χ0v) is 19.0. The first kappa shape index (κ1) is 22.8. The molecule has 1 unspecified atom stereocenters. The van der Waals surface area contributed by atoms with Crippen molar-refractivity contribution in [2.45, 2.75) is 31.2 Å². The highest BCUT2D eigenvalue weighted by atomic mass is 35.5. The van der Waals surface area contributed by atoms with Crippen LogP contribution in [0.3, 0.4) is 0 Å². The van der Waals surface area contributed by atoms with Gasteiger partial charge in [-0.25, -0.2) is 8.42 Å². The third kappa shape index (κ3) is 6.09. The maximum absolute atomic E-state index is 12.9. The molecular formula is C24H25ClN2O3S. The number of benzene rings is 3. The summed E-state index contributed by atoms with van der Waals surface area (Å²) in [5, 5.41) is 3.21. The van der Waals surface area contributed by atoms with Crippen LogP contribution in [0, 0.1) is 5.92 Å². The molecule has 7 heteroatoms. The van der Waals surface area contributed by atoms with Crippen LogP contribution in [0.5, 0.6) is 0 Å². The Bertz CT molecular complexity index is 1130. The van der Waals surface area contributed by atoms with Crippen LogP contribution in [0.4, 0.5) is 5.69 Å². The van der Waals surface area contributed by atoms with E-state index >= 15 is 0 Å². The van der Waals surface area contributed by atoms with Crippen molar-refractivity contribution >= 4 is 33.2 Å². The summed E-state index contributed by atoms with van der Waals surface area (Å²) in [5.74, 6) is 0.123. The van der Waals surface area contributed by atoms with Crippen molar-refractivity contribution in [1.82, 2.24) is 5.32 Å². The monoisotopic (exact) mass is 456 g/mol. The van der Waals surface area contributed by atoms with Gasteiger partial charge in [-0.1, -0.05) is 74.0 Å². The minimum absolute atomic E-state index is 0.132. The molecule has 1 amide bonds. The smallest absolute Gasteiger partial charge is 0.261 e. The summed E-state index contributed by atoms with van der Waals surface area (Å²) < 4.78 is 27.5. The zero-order valence-electron chi connectivity index (χ0n) is 17.4. The standard InChI is InChI=1S/C24H25ClN2O3S/c1-17(2)15-23(18-9-5-3-6-10-18)26-24(28)19-13-14-22(21(25)16-19)27-31(29,30)20-11-7-4-8-12-20/h3-14,16-17,23,27H,15H2,1-2H3,(H,26,28). The molecule has 0 aliphatic rings.